The molecule has 6 heteroatoms. The second-order valence-corrected chi connectivity index (χ2v) is 7.06. The lowest BCUT2D eigenvalue weighted by Crippen LogP contribution is -2.20. The van der Waals surface area contributed by atoms with Crippen LogP contribution in [0.15, 0.2) is 48.5 Å². The normalized spacial score (nSPS) is 10.6. The molecule has 0 bridgehead atoms. The zero-order valence-electron chi connectivity index (χ0n) is 15.0. The summed E-state index contributed by atoms with van der Waals surface area (Å²) in [5, 5.41) is 12.3. The van der Waals surface area contributed by atoms with Crippen LogP contribution in [0.4, 0.5) is 11.4 Å². The highest BCUT2D eigenvalue weighted by Crippen LogP contribution is 2.22. The Bertz CT molecular complexity index is 931. The largest absolute Gasteiger partial charge is 0.332 e. The molecule has 0 fully saturated rings. The third-order valence-electron chi connectivity index (χ3n) is 4.30. The fourth-order valence-electron chi connectivity index (χ4n) is 2.79. The molecule has 3 aromatic rings. The van der Waals surface area contributed by atoms with E-state index in [1.54, 1.807) is 0 Å². The number of aromatic nitrogens is 2. The lowest BCUT2D eigenvalue weighted by atomic mass is 10.1. The van der Waals surface area contributed by atoms with Gasteiger partial charge in [0.1, 0.15) is 0 Å². The van der Waals surface area contributed by atoms with Crippen LogP contribution in [0.1, 0.15) is 22.5 Å². The number of hydrogen-bond acceptors (Lipinski definition) is 2. The van der Waals surface area contributed by atoms with Crippen molar-refractivity contribution in [2.75, 3.05) is 10.6 Å². The molecule has 0 radical (unpaired) electrons. The van der Waals surface area contributed by atoms with Gasteiger partial charge < -0.3 is 10.6 Å². The predicted molar refractivity (Wildman–Crippen MR) is 113 cm³/mol. The van der Waals surface area contributed by atoms with E-state index in [4.69, 9.17) is 23.8 Å². The summed E-state index contributed by atoms with van der Waals surface area (Å²) in [6.07, 6.45) is 0. The number of nitrogens with one attached hydrogen (secondary N) is 2. The fourth-order valence-corrected chi connectivity index (χ4v) is 3.14. The van der Waals surface area contributed by atoms with E-state index in [0.717, 1.165) is 29.3 Å². The Kier molecular flexibility index (Phi) is 5.59. The Hall–Kier alpha value is -2.37. The summed E-state index contributed by atoms with van der Waals surface area (Å²) in [5.41, 5.74) is 6.29. The number of thiocarbonyl (C=S) groups is 1. The minimum absolute atomic E-state index is 0.522. The number of rotatable bonds is 4. The molecule has 0 saturated heterocycles. The first kappa shape index (κ1) is 18.4. The first-order chi connectivity index (χ1) is 12.4. The van der Waals surface area contributed by atoms with Crippen molar-refractivity contribution in [2.24, 2.45) is 0 Å². The monoisotopic (exact) mass is 384 g/mol. The van der Waals surface area contributed by atoms with Gasteiger partial charge in [0.2, 0.25) is 0 Å². The molecular weight excluding hydrogens is 364 g/mol. The van der Waals surface area contributed by atoms with E-state index in [0.29, 0.717) is 10.1 Å². The maximum absolute atomic E-state index is 5.91. The summed E-state index contributed by atoms with van der Waals surface area (Å²) in [6, 6.07) is 15.8. The molecule has 4 nitrogen and oxygen atoms in total. The quantitative estimate of drug-likeness (QED) is 0.597. The Morgan fingerprint density at radius 3 is 2.42 bits per heavy atom. The number of aryl methyl sites for hydroxylation is 2. The smallest absolute Gasteiger partial charge is 0.175 e. The Morgan fingerprint density at radius 2 is 1.73 bits per heavy atom. The average molecular weight is 385 g/mol. The van der Waals surface area contributed by atoms with Crippen molar-refractivity contribution in [3.63, 3.8) is 0 Å². The van der Waals surface area contributed by atoms with Crippen LogP contribution in [0.2, 0.25) is 5.02 Å². The van der Waals surface area contributed by atoms with Crippen LogP contribution in [0.25, 0.3) is 0 Å². The first-order valence-electron chi connectivity index (χ1n) is 8.36. The second kappa shape index (κ2) is 7.89. The van der Waals surface area contributed by atoms with Crippen LogP contribution in [0, 0.1) is 20.8 Å². The van der Waals surface area contributed by atoms with Crippen LogP contribution in [-0.2, 0) is 6.54 Å². The number of halogens is 1. The van der Waals surface area contributed by atoms with Gasteiger partial charge in [-0.15, -0.1) is 0 Å². The Labute approximate surface area is 164 Å². The van der Waals surface area contributed by atoms with Gasteiger partial charge >= 0.3 is 0 Å². The van der Waals surface area contributed by atoms with E-state index >= 15 is 0 Å². The van der Waals surface area contributed by atoms with Gasteiger partial charge in [0, 0.05) is 10.7 Å². The highest BCUT2D eigenvalue weighted by atomic mass is 35.5. The van der Waals surface area contributed by atoms with E-state index in [2.05, 4.69) is 40.9 Å². The van der Waals surface area contributed by atoms with Crippen molar-refractivity contribution in [1.82, 2.24) is 9.78 Å². The summed E-state index contributed by atoms with van der Waals surface area (Å²) in [6.45, 7) is 6.88. The molecule has 0 atom stereocenters. The van der Waals surface area contributed by atoms with Crippen molar-refractivity contribution >= 4 is 40.3 Å². The minimum atomic E-state index is 0.522. The molecule has 0 aliphatic rings. The van der Waals surface area contributed by atoms with Crippen molar-refractivity contribution in [2.45, 2.75) is 27.3 Å². The molecule has 0 aliphatic heterocycles. The molecule has 2 aromatic carbocycles. The summed E-state index contributed by atoms with van der Waals surface area (Å²) in [5.74, 6) is 0. The molecule has 26 heavy (non-hydrogen) atoms. The third-order valence-corrected chi connectivity index (χ3v) is 4.76. The van der Waals surface area contributed by atoms with E-state index in [1.165, 1.54) is 11.1 Å². The highest BCUT2D eigenvalue weighted by Gasteiger charge is 2.13. The van der Waals surface area contributed by atoms with E-state index < -0.39 is 0 Å². The summed E-state index contributed by atoms with van der Waals surface area (Å²) >= 11 is 11.4. The molecule has 2 N–H and O–H groups in total. The van der Waals surface area contributed by atoms with Crippen LogP contribution in [0.3, 0.4) is 0 Å². The predicted octanol–water partition coefficient (Wildman–Crippen LogP) is 5.32. The van der Waals surface area contributed by atoms with Crippen molar-refractivity contribution < 1.29 is 0 Å². The van der Waals surface area contributed by atoms with Crippen LogP contribution >= 0.6 is 23.8 Å². The number of anilines is 2. The average Bonchev–Trinajstić information content (AvgIpc) is 2.86. The zero-order chi connectivity index (χ0) is 18.7. The minimum Gasteiger partial charge on any atom is -0.332 e. The van der Waals surface area contributed by atoms with Gasteiger partial charge in [0.05, 0.1) is 23.6 Å². The maximum Gasteiger partial charge on any atom is 0.175 e. The van der Waals surface area contributed by atoms with Crippen molar-refractivity contribution in [1.29, 1.82) is 0 Å². The van der Waals surface area contributed by atoms with Crippen molar-refractivity contribution in [3.05, 3.63) is 76.1 Å². The first-order valence-corrected chi connectivity index (χ1v) is 9.15. The van der Waals surface area contributed by atoms with Crippen LogP contribution in [0.5, 0.6) is 0 Å². The fraction of sp³-hybridized carbons (Fsp3) is 0.200. The van der Waals surface area contributed by atoms with Gasteiger partial charge in [-0.2, -0.15) is 5.10 Å². The topological polar surface area (TPSA) is 41.9 Å². The number of hydrogen-bond donors (Lipinski definition) is 2. The molecule has 0 saturated carbocycles. The zero-order valence-corrected chi connectivity index (χ0v) is 16.6. The SMILES string of the molecule is Cc1ccccc1Cn1nc(C)c(NC(=S)Nc2ccc(Cl)cc2)c1C. The standard InChI is InChI=1S/C20H21ClN4S/c1-13-6-4-5-7-16(13)12-25-15(3)19(14(2)24-25)23-20(26)22-18-10-8-17(21)9-11-18/h4-11H,12H2,1-3H3,(H2,22,23,26). The van der Waals surface area contributed by atoms with E-state index in [9.17, 15) is 0 Å². The Morgan fingerprint density at radius 1 is 1.04 bits per heavy atom. The van der Waals surface area contributed by atoms with Crippen LogP contribution < -0.4 is 10.6 Å². The summed E-state index contributed by atoms with van der Waals surface area (Å²) in [7, 11) is 0. The summed E-state index contributed by atoms with van der Waals surface area (Å²) in [4.78, 5) is 0. The molecule has 0 amide bonds. The maximum atomic E-state index is 5.91. The molecule has 0 unspecified atom stereocenters. The van der Waals surface area contributed by atoms with Gasteiger partial charge in [-0.25, -0.2) is 0 Å². The van der Waals surface area contributed by atoms with E-state index in [-0.39, 0.29) is 0 Å². The van der Waals surface area contributed by atoms with Crippen molar-refractivity contribution in [3.8, 4) is 0 Å². The molecule has 0 aliphatic carbocycles. The van der Waals surface area contributed by atoms with Gasteiger partial charge in [-0.05, 0) is 68.4 Å². The lowest BCUT2D eigenvalue weighted by molar-refractivity contribution is 0.657. The lowest BCUT2D eigenvalue weighted by Gasteiger charge is -2.12. The molecule has 0 spiro atoms. The summed E-state index contributed by atoms with van der Waals surface area (Å²) < 4.78 is 2.00. The number of nitrogens with zero attached hydrogens (tertiary/aromatic N) is 2. The Balaban J connectivity index is 1.74. The molecule has 1 aromatic heterocycles. The molecule has 1 heterocycles. The van der Waals surface area contributed by atoms with Gasteiger partial charge in [0.15, 0.2) is 5.11 Å². The van der Waals surface area contributed by atoms with Gasteiger partial charge in [-0.3, -0.25) is 4.68 Å². The number of benzene rings is 2. The molecular formula is C20H21ClN4S. The van der Waals surface area contributed by atoms with Gasteiger partial charge in [-0.1, -0.05) is 35.9 Å². The highest BCUT2D eigenvalue weighted by molar-refractivity contribution is 7.80. The van der Waals surface area contributed by atoms with E-state index in [1.807, 2.05) is 48.9 Å². The molecule has 134 valence electrons. The third kappa shape index (κ3) is 4.23. The molecule has 3 rings (SSSR count). The second-order valence-electron chi connectivity index (χ2n) is 6.22. The van der Waals surface area contributed by atoms with Crippen LogP contribution in [-0.4, -0.2) is 14.9 Å². The van der Waals surface area contributed by atoms with Gasteiger partial charge in [0.25, 0.3) is 0 Å².